The minimum atomic E-state index is -0.687. The number of Topliss-reactive ketones (excluding diaryl/α,β-unsaturated/α-hetero) is 2. The van der Waals surface area contributed by atoms with E-state index in [-0.39, 0.29) is 17.5 Å². The summed E-state index contributed by atoms with van der Waals surface area (Å²) >= 11 is 0. The molecular formula is C21H21FO3. The Balaban J connectivity index is 2.21. The van der Waals surface area contributed by atoms with Crippen LogP contribution in [-0.2, 0) is 0 Å². The molecule has 0 unspecified atom stereocenters. The van der Waals surface area contributed by atoms with Crippen LogP contribution in [0.4, 0.5) is 4.39 Å². The van der Waals surface area contributed by atoms with Crippen molar-refractivity contribution in [3.8, 4) is 5.75 Å². The first-order chi connectivity index (χ1) is 12.1. The van der Waals surface area contributed by atoms with Crippen molar-refractivity contribution >= 4 is 11.6 Å². The van der Waals surface area contributed by atoms with E-state index in [1.165, 1.54) is 0 Å². The molecule has 1 heterocycles. The van der Waals surface area contributed by atoms with E-state index < -0.39 is 12.8 Å². The molecule has 0 N–H and O–H groups in total. The molecule has 0 aliphatic carbocycles. The van der Waals surface area contributed by atoms with Gasteiger partial charge >= 0.3 is 0 Å². The smallest absolute Gasteiger partial charge is 0.166 e. The van der Waals surface area contributed by atoms with E-state index in [1.807, 2.05) is 30.3 Å². The van der Waals surface area contributed by atoms with Crippen LogP contribution >= 0.6 is 0 Å². The summed E-state index contributed by atoms with van der Waals surface area (Å²) in [5.74, 6) is -0.0398. The Kier molecular flexibility index (Phi) is 4.98. The van der Waals surface area contributed by atoms with E-state index in [1.54, 1.807) is 26.0 Å². The molecule has 130 valence electrons. The molecule has 0 spiro atoms. The summed E-state index contributed by atoms with van der Waals surface area (Å²) in [4.78, 5) is 24.6. The topological polar surface area (TPSA) is 43.4 Å². The number of hydrogen-bond donors (Lipinski definition) is 0. The van der Waals surface area contributed by atoms with Crippen molar-refractivity contribution in [1.82, 2.24) is 0 Å². The summed E-state index contributed by atoms with van der Waals surface area (Å²) in [6, 6.07) is 12.9. The SMILES string of the molecule is CCC(=O)c1cc(C(=O)CC)c2c(c1)[C@H](c1ccccc1)[C@@H](CF)O2. The average Bonchev–Trinajstić information content (AvgIpc) is 3.05. The number of ketones is 2. The summed E-state index contributed by atoms with van der Waals surface area (Å²) in [5.41, 5.74) is 2.51. The molecule has 0 bridgehead atoms. The number of fused-ring (bicyclic) bond motifs is 1. The lowest BCUT2D eigenvalue weighted by atomic mass is 9.85. The average molecular weight is 340 g/mol. The number of alkyl halides is 1. The Labute approximate surface area is 146 Å². The minimum Gasteiger partial charge on any atom is -0.486 e. The number of rotatable bonds is 6. The minimum absolute atomic E-state index is 0.0385. The third kappa shape index (κ3) is 3.09. The van der Waals surface area contributed by atoms with E-state index in [0.29, 0.717) is 29.7 Å². The van der Waals surface area contributed by atoms with Crippen LogP contribution in [0, 0.1) is 0 Å². The van der Waals surface area contributed by atoms with Gasteiger partial charge in [0.25, 0.3) is 0 Å². The van der Waals surface area contributed by atoms with Gasteiger partial charge in [0.1, 0.15) is 18.5 Å². The fourth-order valence-corrected chi connectivity index (χ4v) is 3.37. The molecule has 0 saturated carbocycles. The highest BCUT2D eigenvalue weighted by Crippen LogP contribution is 2.45. The lowest BCUT2D eigenvalue weighted by Gasteiger charge is -2.16. The Hall–Kier alpha value is -2.49. The van der Waals surface area contributed by atoms with E-state index in [0.717, 1.165) is 11.1 Å². The highest BCUT2D eigenvalue weighted by molar-refractivity contribution is 6.03. The van der Waals surface area contributed by atoms with Gasteiger partial charge in [-0.25, -0.2) is 4.39 Å². The van der Waals surface area contributed by atoms with Crippen molar-refractivity contribution in [3.05, 3.63) is 64.7 Å². The summed E-state index contributed by atoms with van der Waals surface area (Å²) < 4.78 is 19.5. The van der Waals surface area contributed by atoms with Gasteiger partial charge in [-0.2, -0.15) is 0 Å². The predicted molar refractivity (Wildman–Crippen MR) is 94.4 cm³/mol. The molecule has 25 heavy (non-hydrogen) atoms. The van der Waals surface area contributed by atoms with E-state index in [2.05, 4.69) is 0 Å². The van der Waals surface area contributed by atoms with Crippen LogP contribution in [0.2, 0.25) is 0 Å². The maximum absolute atomic E-state index is 13.7. The number of benzene rings is 2. The van der Waals surface area contributed by atoms with Gasteiger partial charge in [-0.15, -0.1) is 0 Å². The molecule has 1 aliphatic rings. The molecule has 1 aliphatic heterocycles. The molecule has 4 heteroatoms. The zero-order chi connectivity index (χ0) is 18.0. The molecule has 2 atom stereocenters. The molecule has 3 rings (SSSR count). The van der Waals surface area contributed by atoms with Crippen molar-refractivity contribution < 1.29 is 18.7 Å². The lowest BCUT2D eigenvalue weighted by molar-refractivity contribution is 0.0980. The van der Waals surface area contributed by atoms with E-state index >= 15 is 0 Å². The van der Waals surface area contributed by atoms with Crippen molar-refractivity contribution in [3.63, 3.8) is 0 Å². The lowest BCUT2D eigenvalue weighted by Crippen LogP contribution is -2.22. The number of ether oxygens (including phenoxy) is 1. The second kappa shape index (κ2) is 7.18. The van der Waals surface area contributed by atoms with Crippen molar-refractivity contribution in [2.45, 2.75) is 38.7 Å². The van der Waals surface area contributed by atoms with Crippen LogP contribution in [0.25, 0.3) is 0 Å². The predicted octanol–water partition coefficient (Wildman–Crippen LogP) is 4.73. The second-order valence-electron chi connectivity index (χ2n) is 6.19. The van der Waals surface area contributed by atoms with E-state index in [9.17, 15) is 14.0 Å². The van der Waals surface area contributed by atoms with Crippen LogP contribution in [0.15, 0.2) is 42.5 Å². The molecule has 2 aromatic rings. The zero-order valence-corrected chi connectivity index (χ0v) is 14.4. The molecule has 3 nitrogen and oxygen atoms in total. The first-order valence-electron chi connectivity index (χ1n) is 8.62. The van der Waals surface area contributed by atoms with Crippen LogP contribution in [0.3, 0.4) is 0 Å². The van der Waals surface area contributed by atoms with Gasteiger partial charge in [-0.3, -0.25) is 9.59 Å². The summed E-state index contributed by atoms with van der Waals surface area (Å²) in [6.07, 6.45) is -0.0366. The molecule has 0 fully saturated rings. The van der Waals surface area contributed by atoms with Crippen LogP contribution in [-0.4, -0.2) is 24.3 Å². The quantitative estimate of drug-likeness (QED) is 0.714. The van der Waals surface area contributed by atoms with Gasteiger partial charge in [0.05, 0.1) is 11.5 Å². The Morgan fingerprint density at radius 1 is 1.04 bits per heavy atom. The standard InChI is InChI=1S/C21H21FO3/c1-3-17(23)14-10-15(18(24)4-2)21-16(11-14)20(19(12-22)25-21)13-8-6-5-7-9-13/h5-11,19-20H,3-4,12H2,1-2H3/t19-,20+/m1/s1. The maximum Gasteiger partial charge on any atom is 0.166 e. The largest absolute Gasteiger partial charge is 0.486 e. The highest BCUT2D eigenvalue weighted by Gasteiger charge is 2.38. The van der Waals surface area contributed by atoms with Gasteiger partial charge in [-0.1, -0.05) is 44.2 Å². The summed E-state index contributed by atoms with van der Waals surface area (Å²) in [6.45, 7) is 2.89. The normalized spacial score (nSPS) is 18.5. The molecule has 0 radical (unpaired) electrons. The molecule has 0 aromatic heterocycles. The molecule has 2 aromatic carbocycles. The fourth-order valence-electron chi connectivity index (χ4n) is 3.37. The third-order valence-corrected chi connectivity index (χ3v) is 4.67. The summed E-state index contributed by atoms with van der Waals surface area (Å²) in [7, 11) is 0. The van der Waals surface area contributed by atoms with Gasteiger partial charge in [0.15, 0.2) is 11.6 Å². The van der Waals surface area contributed by atoms with Gasteiger partial charge in [0, 0.05) is 24.0 Å². The van der Waals surface area contributed by atoms with Crippen molar-refractivity contribution in [2.24, 2.45) is 0 Å². The van der Waals surface area contributed by atoms with E-state index in [4.69, 9.17) is 4.74 Å². The maximum atomic E-state index is 13.7. The fraction of sp³-hybridized carbons (Fsp3) is 0.333. The summed E-state index contributed by atoms with van der Waals surface area (Å²) in [5, 5.41) is 0. The number of hydrogen-bond acceptors (Lipinski definition) is 3. The molecule has 0 saturated heterocycles. The van der Waals surface area contributed by atoms with Crippen molar-refractivity contribution in [2.75, 3.05) is 6.67 Å². The zero-order valence-electron chi connectivity index (χ0n) is 14.4. The van der Waals surface area contributed by atoms with Gasteiger partial charge in [-0.05, 0) is 17.7 Å². The van der Waals surface area contributed by atoms with Crippen LogP contribution < -0.4 is 4.74 Å². The number of halogens is 1. The number of carbonyl (C=O) groups excluding carboxylic acids is 2. The third-order valence-electron chi connectivity index (χ3n) is 4.67. The Morgan fingerprint density at radius 2 is 1.72 bits per heavy atom. The molecular weight excluding hydrogens is 319 g/mol. The highest BCUT2D eigenvalue weighted by atomic mass is 19.1. The second-order valence-corrected chi connectivity index (χ2v) is 6.19. The van der Waals surface area contributed by atoms with Gasteiger partial charge < -0.3 is 4.74 Å². The molecule has 0 amide bonds. The number of carbonyl (C=O) groups is 2. The first kappa shape index (κ1) is 17.3. The Bertz CT molecular complexity index is 798. The van der Waals surface area contributed by atoms with Crippen LogP contribution in [0.5, 0.6) is 5.75 Å². The van der Waals surface area contributed by atoms with Gasteiger partial charge in [0.2, 0.25) is 0 Å². The first-order valence-corrected chi connectivity index (χ1v) is 8.62. The monoisotopic (exact) mass is 340 g/mol. The van der Waals surface area contributed by atoms with Crippen LogP contribution in [0.1, 0.15) is 64.4 Å². The Morgan fingerprint density at radius 3 is 2.32 bits per heavy atom. The van der Waals surface area contributed by atoms with Crippen molar-refractivity contribution in [1.29, 1.82) is 0 Å².